The Morgan fingerprint density at radius 2 is 2.24 bits per heavy atom. The molecule has 5 heteroatoms. The summed E-state index contributed by atoms with van der Waals surface area (Å²) in [6, 6.07) is 6.34. The van der Waals surface area contributed by atoms with Gasteiger partial charge >= 0.3 is 5.97 Å². The fourth-order valence-electron chi connectivity index (χ4n) is 3.70. The maximum Gasteiger partial charge on any atom is 0.323 e. The van der Waals surface area contributed by atoms with Crippen LogP contribution >= 0.6 is 0 Å². The molecule has 0 bridgehead atoms. The van der Waals surface area contributed by atoms with Gasteiger partial charge in [-0.1, -0.05) is 50.0 Å². The molecule has 2 rings (SSSR count). The maximum absolute atomic E-state index is 11.9. The Kier molecular flexibility index (Phi) is 7.27. The predicted octanol–water partition coefficient (Wildman–Crippen LogP) is 2.88. The second-order valence-electron chi connectivity index (χ2n) is 6.85. The van der Waals surface area contributed by atoms with Gasteiger partial charge in [-0.25, -0.2) is 0 Å². The van der Waals surface area contributed by atoms with Crippen molar-refractivity contribution in [1.29, 1.82) is 0 Å². The van der Waals surface area contributed by atoms with Gasteiger partial charge < -0.3 is 10.4 Å². The standard InChI is InChI=1S/C20H29BN2O2/c1-3-16-7-6-8-17-15-23(13-9-18(16)17)14-11-20(22-2,19(24)25)10-4-5-12-21/h3,6-8,22H,1,4-5,9-15H2,2H3,(H,24,25). The maximum atomic E-state index is 11.9. The Morgan fingerprint density at radius 1 is 1.44 bits per heavy atom. The van der Waals surface area contributed by atoms with Crippen molar-refractivity contribution in [2.24, 2.45) is 0 Å². The predicted molar refractivity (Wildman–Crippen MR) is 104 cm³/mol. The first-order chi connectivity index (χ1) is 12.1. The zero-order chi connectivity index (χ0) is 18.3. The first-order valence-corrected chi connectivity index (χ1v) is 9.14. The lowest BCUT2D eigenvalue weighted by Gasteiger charge is -2.34. The van der Waals surface area contributed by atoms with Crippen molar-refractivity contribution in [3.8, 4) is 0 Å². The van der Waals surface area contributed by atoms with Crippen molar-refractivity contribution >= 4 is 19.9 Å². The number of carboxylic acid groups (broad SMARTS) is 1. The molecule has 2 radical (unpaired) electrons. The summed E-state index contributed by atoms with van der Waals surface area (Å²) in [5, 5.41) is 12.8. The van der Waals surface area contributed by atoms with Gasteiger partial charge in [0.05, 0.1) is 7.85 Å². The second kappa shape index (κ2) is 9.21. The molecule has 1 aromatic rings. The summed E-state index contributed by atoms with van der Waals surface area (Å²) in [5.41, 5.74) is 3.07. The molecule has 1 unspecified atom stereocenters. The van der Waals surface area contributed by atoms with Gasteiger partial charge in [-0.2, -0.15) is 0 Å². The van der Waals surface area contributed by atoms with Gasteiger partial charge in [0, 0.05) is 19.6 Å². The van der Waals surface area contributed by atoms with Gasteiger partial charge in [0.1, 0.15) is 5.54 Å². The molecule has 0 saturated carbocycles. The van der Waals surface area contributed by atoms with Crippen molar-refractivity contribution in [1.82, 2.24) is 10.2 Å². The molecule has 4 nitrogen and oxygen atoms in total. The van der Waals surface area contributed by atoms with E-state index in [-0.39, 0.29) is 0 Å². The van der Waals surface area contributed by atoms with E-state index in [9.17, 15) is 9.90 Å². The van der Waals surface area contributed by atoms with Gasteiger partial charge in [-0.05, 0) is 43.0 Å². The summed E-state index contributed by atoms with van der Waals surface area (Å²) in [6.45, 7) is 6.50. The molecule has 1 aliphatic rings. The molecule has 1 atom stereocenters. The molecule has 0 spiro atoms. The molecule has 1 aromatic carbocycles. The summed E-state index contributed by atoms with van der Waals surface area (Å²) in [6.07, 6.45) is 6.41. The molecule has 25 heavy (non-hydrogen) atoms. The average molecular weight is 340 g/mol. The van der Waals surface area contributed by atoms with Crippen molar-refractivity contribution in [3.63, 3.8) is 0 Å². The van der Waals surface area contributed by atoms with Crippen molar-refractivity contribution in [3.05, 3.63) is 41.5 Å². The summed E-state index contributed by atoms with van der Waals surface area (Å²) in [5.74, 6) is -0.765. The quantitative estimate of drug-likeness (QED) is 0.508. The summed E-state index contributed by atoms with van der Waals surface area (Å²) >= 11 is 0. The van der Waals surface area contributed by atoms with Crippen LogP contribution in [0.25, 0.3) is 6.08 Å². The largest absolute Gasteiger partial charge is 0.480 e. The Morgan fingerprint density at radius 3 is 2.88 bits per heavy atom. The fourth-order valence-corrected chi connectivity index (χ4v) is 3.70. The number of fused-ring (bicyclic) bond motifs is 1. The molecule has 0 fully saturated rings. The second-order valence-corrected chi connectivity index (χ2v) is 6.85. The number of rotatable bonds is 10. The molecule has 1 heterocycles. The van der Waals surface area contributed by atoms with Crippen LogP contribution in [-0.2, 0) is 17.8 Å². The van der Waals surface area contributed by atoms with Gasteiger partial charge in [0.25, 0.3) is 0 Å². The Labute approximate surface area is 152 Å². The third-order valence-electron chi connectivity index (χ3n) is 5.40. The van der Waals surface area contributed by atoms with Crippen LogP contribution in [0.4, 0.5) is 0 Å². The van der Waals surface area contributed by atoms with Crippen molar-refractivity contribution in [2.45, 2.75) is 50.5 Å². The topological polar surface area (TPSA) is 52.6 Å². The highest BCUT2D eigenvalue weighted by molar-refractivity contribution is 6.08. The summed E-state index contributed by atoms with van der Waals surface area (Å²) in [7, 11) is 7.30. The Bertz CT molecular complexity index is 605. The molecule has 2 N–H and O–H groups in total. The highest BCUT2D eigenvalue weighted by Crippen LogP contribution is 2.25. The number of carbonyl (C=O) groups is 1. The Balaban J connectivity index is 2.01. The molecule has 0 aliphatic carbocycles. The minimum Gasteiger partial charge on any atom is -0.480 e. The average Bonchev–Trinajstić information content (AvgIpc) is 2.63. The number of hydrogen-bond donors (Lipinski definition) is 2. The number of hydrogen-bond acceptors (Lipinski definition) is 3. The van der Waals surface area contributed by atoms with Gasteiger partial charge in [0.15, 0.2) is 0 Å². The lowest BCUT2D eigenvalue weighted by atomic mass is 9.86. The van der Waals surface area contributed by atoms with Crippen LogP contribution in [0.1, 0.15) is 42.4 Å². The number of nitrogens with one attached hydrogen (secondary N) is 1. The zero-order valence-corrected chi connectivity index (χ0v) is 15.3. The van der Waals surface area contributed by atoms with E-state index in [1.54, 1.807) is 7.05 Å². The molecule has 134 valence electrons. The normalized spacial score (nSPS) is 16.8. The van der Waals surface area contributed by atoms with Crippen LogP contribution in [-0.4, -0.2) is 49.5 Å². The first-order valence-electron chi connectivity index (χ1n) is 9.14. The summed E-state index contributed by atoms with van der Waals surface area (Å²) < 4.78 is 0. The minimum atomic E-state index is -0.863. The third-order valence-corrected chi connectivity index (χ3v) is 5.40. The van der Waals surface area contributed by atoms with Gasteiger partial charge in [-0.15, -0.1) is 0 Å². The summed E-state index contributed by atoms with van der Waals surface area (Å²) in [4.78, 5) is 14.2. The van der Waals surface area contributed by atoms with E-state index >= 15 is 0 Å². The Hall–Kier alpha value is -1.59. The smallest absolute Gasteiger partial charge is 0.323 e. The van der Waals surface area contributed by atoms with E-state index in [0.29, 0.717) is 19.2 Å². The van der Waals surface area contributed by atoms with E-state index in [1.807, 2.05) is 6.08 Å². The number of aliphatic carboxylic acids is 1. The number of nitrogens with zero attached hydrogens (tertiary/aromatic N) is 1. The van der Waals surface area contributed by atoms with Gasteiger partial charge in [0.2, 0.25) is 0 Å². The fraction of sp³-hybridized carbons (Fsp3) is 0.550. The number of likely N-dealkylation sites (N-methyl/N-ethyl adjacent to an activating group) is 1. The van der Waals surface area contributed by atoms with E-state index in [0.717, 1.165) is 38.9 Å². The number of carboxylic acids is 1. The van der Waals surface area contributed by atoms with Crippen LogP contribution in [0.3, 0.4) is 0 Å². The van der Waals surface area contributed by atoms with Crippen LogP contribution in [0.5, 0.6) is 0 Å². The van der Waals surface area contributed by atoms with Crippen LogP contribution in [0, 0.1) is 0 Å². The molecular formula is C20H29BN2O2. The molecule has 1 aliphatic heterocycles. The van der Waals surface area contributed by atoms with E-state index in [4.69, 9.17) is 7.85 Å². The first kappa shape index (κ1) is 19.7. The molecule has 0 amide bonds. The molecular weight excluding hydrogens is 311 g/mol. The van der Waals surface area contributed by atoms with Gasteiger partial charge in [-0.3, -0.25) is 9.69 Å². The van der Waals surface area contributed by atoms with Crippen molar-refractivity contribution in [2.75, 3.05) is 20.1 Å². The lowest BCUT2D eigenvalue weighted by Crippen LogP contribution is -2.52. The lowest BCUT2D eigenvalue weighted by molar-refractivity contribution is -0.145. The highest BCUT2D eigenvalue weighted by Gasteiger charge is 2.36. The van der Waals surface area contributed by atoms with Crippen LogP contribution in [0.15, 0.2) is 24.8 Å². The van der Waals surface area contributed by atoms with E-state index in [1.165, 1.54) is 16.7 Å². The van der Waals surface area contributed by atoms with Crippen LogP contribution < -0.4 is 5.32 Å². The molecule has 0 aromatic heterocycles. The van der Waals surface area contributed by atoms with E-state index < -0.39 is 11.5 Å². The third kappa shape index (κ3) is 4.74. The number of unbranched alkanes of at least 4 members (excludes halogenated alkanes) is 1. The zero-order valence-electron chi connectivity index (χ0n) is 15.3. The highest BCUT2D eigenvalue weighted by atomic mass is 16.4. The SMILES string of the molecule is [B]CCCCC(CCN1CCc2c(C=C)cccc2C1)(NC)C(=O)O. The number of benzene rings is 1. The molecule has 0 saturated heterocycles. The minimum absolute atomic E-state index is 0.597. The van der Waals surface area contributed by atoms with E-state index in [2.05, 4.69) is 35.0 Å². The van der Waals surface area contributed by atoms with Crippen molar-refractivity contribution < 1.29 is 9.90 Å². The van der Waals surface area contributed by atoms with Crippen LogP contribution in [0.2, 0.25) is 6.32 Å². The monoisotopic (exact) mass is 340 g/mol.